The minimum atomic E-state index is -3.56. The molecule has 0 saturated carbocycles. The Balaban J connectivity index is 1.70. The van der Waals surface area contributed by atoms with Crippen LogP contribution in [0, 0.1) is 0 Å². The Labute approximate surface area is 178 Å². The van der Waals surface area contributed by atoms with Gasteiger partial charge in [0.25, 0.3) is 5.91 Å². The van der Waals surface area contributed by atoms with E-state index in [1.165, 1.54) is 17.7 Å². The van der Waals surface area contributed by atoms with E-state index in [2.05, 4.69) is 22.2 Å². The lowest BCUT2D eigenvalue weighted by atomic mass is 9.99. The minimum Gasteiger partial charge on any atom is -0.322 e. The largest absolute Gasteiger partial charge is 0.322 e. The molecule has 156 valence electrons. The van der Waals surface area contributed by atoms with Crippen molar-refractivity contribution < 1.29 is 13.2 Å². The van der Waals surface area contributed by atoms with Crippen LogP contribution >= 0.6 is 0 Å². The highest BCUT2D eigenvalue weighted by molar-refractivity contribution is 7.89. The Kier molecular flexibility index (Phi) is 7.03. The van der Waals surface area contributed by atoms with Crippen molar-refractivity contribution in [1.82, 2.24) is 4.72 Å². The van der Waals surface area contributed by atoms with Gasteiger partial charge in [-0.25, -0.2) is 13.1 Å². The van der Waals surface area contributed by atoms with Crippen molar-refractivity contribution in [1.29, 1.82) is 0 Å². The van der Waals surface area contributed by atoms with Gasteiger partial charge in [0, 0.05) is 17.3 Å². The zero-order valence-electron chi connectivity index (χ0n) is 17.1. The van der Waals surface area contributed by atoms with Gasteiger partial charge in [0.2, 0.25) is 10.0 Å². The predicted molar refractivity (Wildman–Crippen MR) is 120 cm³/mol. The van der Waals surface area contributed by atoms with Crippen molar-refractivity contribution in [2.75, 3.05) is 5.32 Å². The van der Waals surface area contributed by atoms with Crippen LogP contribution in [0.2, 0.25) is 0 Å². The maximum Gasteiger partial charge on any atom is 0.255 e. The Morgan fingerprint density at radius 3 is 2.13 bits per heavy atom. The summed E-state index contributed by atoms with van der Waals surface area (Å²) >= 11 is 0. The predicted octanol–water partition coefficient (Wildman–Crippen LogP) is 4.41. The van der Waals surface area contributed by atoms with Gasteiger partial charge in [-0.2, -0.15) is 0 Å². The molecule has 0 bridgehead atoms. The van der Waals surface area contributed by atoms with Crippen LogP contribution in [0.5, 0.6) is 0 Å². The molecule has 0 aliphatic carbocycles. The normalized spacial score (nSPS) is 11.4. The van der Waals surface area contributed by atoms with Crippen molar-refractivity contribution >= 4 is 21.6 Å². The molecule has 0 atom stereocenters. The quantitative estimate of drug-likeness (QED) is 0.565. The van der Waals surface area contributed by atoms with Crippen LogP contribution in [0.15, 0.2) is 83.8 Å². The monoisotopic (exact) mass is 422 g/mol. The zero-order valence-corrected chi connectivity index (χ0v) is 17.9. The third kappa shape index (κ3) is 5.78. The summed E-state index contributed by atoms with van der Waals surface area (Å²) in [6.45, 7) is 3.53. The Morgan fingerprint density at radius 1 is 0.833 bits per heavy atom. The summed E-state index contributed by atoms with van der Waals surface area (Å²) in [6, 6.07) is 23.7. The number of anilines is 1. The second-order valence-corrected chi connectivity index (χ2v) is 9.11. The van der Waals surface area contributed by atoms with Crippen molar-refractivity contribution in [3.8, 4) is 0 Å². The molecule has 6 heteroatoms. The van der Waals surface area contributed by atoms with E-state index in [4.69, 9.17) is 0 Å². The lowest BCUT2D eigenvalue weighted by Gasteiger charge is -2.12. The average molecular weight is 423 g/mol. The molecular formula is C24H26N2O3S. The molecule has 30 heavy (non-hydrogen) atoms. The number of nitrogens with one attached hydrogen (secondary N) is 2. The smallest absolute Gasteiger partial charge is 0.255 e. The SMILES string of the molecule is CC(C)NS(=O)(=O)c1ccc(NC(=O)c2ccccc2CCc2ccccc2)cc1. The van der Waals surface area contributed by atoms with Gasteiger partial charge >= 0.3 is 0 Å². The van der Waals surface area contributed by atoms with Crippen LogP contribution in [-0.2, 0) is 22.9 Å². The van der Waals surface area contributed by atoms with Crippen molar-refractivity contribution in [3.63, 3.8) is 0 Å². The summed E-state index contributed by atoms with van der Waals surface area (Å²) in [4.78, 5) is 13.0. The summed E-state index contributed by atoms with van der Waals surface area (Å²) in [5.41, 5.74) is 3.35. The molecule has 3 aromatic rings. The van der Waals surface area contributed by atoms with Gasteiger partial charge in [-0.3, -0.25) is 4.79 Å². The molecule has 0 fully saturated rings. The van der Waals surface area contributed by atoms with Crippen molar-refractivity contribution in [2.24, 2.45) is 0 Å². The number of carbonyl (C=O) groups excluding carboxylic acids is 1. The number of carbonyl (C=O) groups is 1. The van der Waals surface area contributed by atoms with E-state index >= 15 is 0 Å². The molecule has 0 aliphatic rings. The number of benzene rings is 3. The van der Waals surface area contributed by atoms with Gasteiger partial charge in [-0.1, -0.05) is 48.5 Å². The van der Waals surface area contributed by atoms with Gasteiger partial charge in [0.05, 0.1) is 4.90 Å². The molecule has 2 N–H and O–H groups in total. The van der Waals surface area contributed by atoms with Gasteiger partial charge in [-0.15, -0.1) is 0 Å². The first-order valence-corrected chi connectivity index (χ1v) is 11.4. The highest BCUT2D eigenvalue weighted by atomic mass is 32.2. The summed E-state index contributed by atoms with van der Waals surface area (Å²) < 4.78 is 27.0. The fourth-order valence-electron chi connectivity index (χ4n) is 3.18. The molecule has 0 radical (unpaired) electrons. The third-order valence-corrected chi connectivity index (χ3v) is 6.28. The van der Waals surface area contributed by atoms with E-state index in [0.29, 0.717) is 11.3 Å². The average Bonchev–Trinajstić information content (AvgIpc) is 2.72. The van der Waals surface area contributed by atoms with Gasteiger partial charge < -0.3 is 5.32 Å². The summed E-state index contributed by atoms with van der Waals surface area (Å²) in [5, 5.41) is 2.86. The van der Waals surface area contributed by atoms with E-state index in [-0.39, 0.29) is 16.8 Å². The molecule has 3 aromatic carbocycles. The van der Waals surface area contributed by atoms with E-state index < -0.39 is 10.0 Å². The lowest BCUT2D eigenvalue weighted by molar-refractivity contribution is 0.102. The van der Waals surface area contributed by atoms with E-state index in [1.54, 1.807) is 32.0 Å². The molecule has 0 saturated heterocycles. The van der Waals surface area contributed by atoms with Crippen molar-refractivity contribution in [3.05, 3.63) is 95.6 Å². The summed E-state index contributed by atoms with van der Waals surface area (Å²) in [7, 11) is -3.56. The molecule has 0 aliphatic heterocycles. The van der Waals surface area contributed by atoms with Crippen molar-refractivity contribution in [2.45, 2.75) is 37.6 Å². The van der Waals surface area contributed by atoms with Crippen LogP contribution in [0.3, 0.4) is 0 Å². The Hall–Kier alpha value is -2.96. The standard InChI is InChI=1S/C24H26N2O3S/c1-18(2)26-30(28,29)22-16-14-21(15-17-22)25-24(27)23-11-7-6-10-20(23)13-12-19-8-4-3-5-9-19/h3-11,14-18,26H,12-13H2,1-2H3,(H,25,27). The minimum absolute atomic E-state index is 0.164. The maximum atomic E-state index is 12.8. The summed E-state index contributed by atoms with van der Waals surface area (Å²) in [6.07, 6.45) is 1.60. The Bertz CT molecular complexity index is 1090. The van der Waals surface area contributed by atoms with E-state index in [1.807, 2.05) is 36.4 Å². The first kappa shape index (κ1) is 21.7. The first-order chi connectivity index (χ1) is 14.3. The molecule has 1 amide bonds. The highest BCUT2D eigenvalue weighted by Gasteiger charge is 2.16. The fraction of sp³-hybridized carbons (Fsp3) is 0.208. The number of aryl methyl sites for hydroxylation is 2. The van der Waals surface area contributed by atoms with Gasteiger partial charge in [0.15, 0.2) is 0 Å². The molecule has 5 nitrogen and oxygen atoms in total. The Morgan fingerprint density at radius 2 is 1.47 bits per heavy atom. The number of amides is 1. The topological polar surface area (TPSA) is 75.3 Å². The first-order valence-electron chi connectivity index (χ1n) is 9.91. The number of sulfonamides is 1. The molecule has 0 spiro atoms. The molecule has 0 unspecified atom stereocenters. The summed E-state index contributed by atoms with van der Waals surface area (Å²) in [5.74, 6) is -0.213. The van der Waals surface area contributed by atoms with E-state index in [9.17, 15) is 13.2 Å². The van der Waals surface area contributed by atoms with Crippen LogP contribution in [0.4, 0.5) is 5.69 Å². The van der Waals surface area contributed by atoms with Crippen LogP contribution < -0.4 is 10.0 Å². The lowest BCUT2D eigenvalue weighted by Crippen LogP contribution is -2.30. The second kappa shape index (κ2) is 9.69. The number of hydrogen-bond donors (Lipinski definition) is 2. The number of rotatable bonds is 8. The third-order valence-electron chi connectivity index (χ3n) is 4.60. The van der Waals surface area contributed by atoms with Crippen LogP contribution in [0.1, 0.15) is 35.3 Å². The second-order valence-electron chi connectivity index (χ2n) is 7.40. The highest BCUT2D eigenvalue weighted by Crippen LogP contribution is 2.18. The van der Waals surface area contributed by atoms with E-state index in [0.717, 1.165) is 18.4 Å². The maximum absolute atomic E-state index is 12.8. The van der Waals surface area contributed by atoms with Gasteiger partial charge in [0.1, 0.15) is 0 Å². The molecule has 0 heterocycles. The van der Waals surface area contributed by atoms with Gasteiger partial charge in [-0.05, 0) is 68.1 Å². The molecule has 3 rings (SSSR count). The van der Waals surface area contributed by atoms with Crippen LogP contribution in [0.25, 0.3) is 0 Å². The molecule has 0 aromatic heterocycles. The van der Waals surface area contributed by atoms with Crippen LogP contribution in [-0.4, -0.2) is 20.4 Å². The fourth-order valence-corrected chi connectivity index (χ4v) is 4.43. The molecular weight excluding hydrogens is 396 g/mol. The zero-order chi connectivity index (χ0) is 21.6. The number of hydrogen-bond acceptors (Lipinski definition) is 3.